The third-order valence-corrected chi connectivity index (χ3v) is 4.26. The number of hydrogen-bond acceptors (Lipinski definition) is 8. The molecule has 31 heavy (non-hydrogen) atoms. The highest BCUT2D eigenvalue weighted by atomic mass is 35.5. The molecule has 0 radical (unpaired) electrons. The molecule has 2 rings (SSSR count). The van der Waals surface area contributed by atoms with E-state index in [4.69, 9.17) is 33.0 Å². The van der Waals surface area contributed by atoms with E-state index in [1.54, 1.807) is 42.5 Å². The normalized spacial score (nSPS) is 10.1. The molecule has 2 N–H and O–H groups in total. The van der Waals surface area contributed by atoms with Crippen LogP contribution in [0.2, 0.25) is 10.0 Å². The Labute approximate surface area is 186 Å². The molecular formula is C20H17Cl2NO8. The smallest absolute Gasteiger partial charge is 0.344 e. The monoisotopic (exact) mass is 469 g/mol. The van der Waals surface area contributed by atoms with Crippen LogP contribution in [0.1, 0.15) is 5.56 Å². The first-order valence-electron chi connectivity index (χ1n) is 8.74. The molecule has 0 aliphatic heterocycles. The van der Waals surface area contributed by atoms with Crippen LogP contribution in [-0.4, -0.2) is 48.8 Å². The van der Waals surface area contributed by atoms with Crippen LogP contribution >= 0.6 is 23.2 Å². The molecular weight excluding hydrogens is 453 g/mol. The molecule has 0 heterocycles. The van der Waals surface area contributed by atoms with Crippen LogP contribution < -0.4 is 5.32 Å². The van der Waals surface area contributed by atoms with E-state index >= 15 is 0 Å². The third kappa shape index (κ3) is 8.15. The van der Waals surface area contributed by atoms with Crippen molar-refractivity contribution in [3.63, 3.8) is 0 Å². The maximum Gasteiger partial charge on any atom is 0.344 e. The Bertz CT molecular complexity index is 959. The molecule has 9 nitrogen and oxygen atoms in total. The second-order valence-electron chi connectivity index (χ2n) is 5.93. The molecule has 0 atom stereocenters. The van der Waals surface area contributed by atoms with Gasteiger partial charge in [-0.3, -0.25) is 4.79 Å². The SMILES string of the molecule is O=C(O)COC(=O)COC(=O)COC(=O)Cc1ccccc1Nc1c(Cl)cccc1Cl. The summed E-state index contributed by atoms with van der Waals surface area (Å²) in [5.74, 6) is -4.10. The zero-order valence-corrected chi connectivity index (χ0v) is 17.4. The van der Waals surface area contributed by atoms with Crippen molar-refractivity contribution in [1.29, 1.82) is 0 Å². The highest BCUT2D eigenvalue weighted by molar-refractivity contribution is 6.39. The predicted octanol–water partition coefficient (Wildman–Crippen LogP) is 2.99. The Hall–Kier alpha value is -3.30. The minimum Gasteiger partial charge on any atom is -0.479 e. The van der Waals surface area contributed by atoms with Crippen molar-refractivity contribution in [3.05, 3.63) is 58.1 Å². The van der Waals surface area contributed by atoms with Crippen molar-refractivity contribution >= 4 is 58.5 Å². The third-order valence-electron chi connectivity index (χ3n) is 3.63. The van der Waals surface area contributed by atoms with Gasteiger partial charge in [-0.2, -0.15) is 0 Å². The van der Waals surface area contributed by atoms with Crippen LogP contribution in [0.5, 0.6) is 0 Å². The van der Waals surface area contributed by atoms with Crippen molar-refractivity contribution in [1.82, 2.24) is 0 Å². The molecule has 0 unspecified atom stereocenters. The van der Waals surface area contributed by atoms with Gasteiger partial charge in [0.25, 0.3) is 0 Å². The number of carboxylic acids is 1. The molecule has 11 heteroatoms. The van der Waals surface area contributed by atoms with Crippen molar-refractivity contribution in [2.75, 3.05) is 25.1 Å². The highest BCUT2D eigenvalue weighted by Crippen LogP contribution is 2.33. The number of carbonyl (C=O) groups excluding carboxylic acids is 3. The summed E-state index contributed by atoms with van der Waals surface area (Å²) >= 11 is 12.3. The molecule has 0 saturated carbocycles. The average Bonchev–Trinajstić information content (AvgIpc) is 2.73. The van der Waals surface area contributed by atoms with Gasteiger partial charge < -0.3 is 24.6 Å². The number of aliphatic carboxylic acids is 1. The summed E-state index contributed by atoms with van der Waals surface area (Å²) in [5, 5.41) is 12.2. The van der Waals surface area contributed by atoms with E-state index in [1.165, 1.54) is 0 Å². The zero-order valence-electron chi connectivity index (χ0n) is 15.9. The number of nitrogens with one attached hydrogen (secondary N) is 1. The summed E-state index contributed by atoms with van der Waals surface area (Å²) in [5.41, 5.74) is 1.61. The van der Waals surface area contributed by atoms with E-state index in [9.17, 15) is 19.2 Å². The molecule has 164 valence electrons. The maximum atomic E-state index is 12.1. The van der Waals surface area contributed by atoms with Crippen LogP contribution in [0.25, 0.3) is 0 Å². The van der Waals surface area contributed by atoms with E-state index in [1.807, 2.05) is 0 Å². The molecule has 0 bridgehead atoms. The van der Waals surface area contributed by atoms with Gasteiger partial charge in [-0.1, -0.05) is 47.5 Å². The van der Waals surface area contributed by atoms with Crippen molar-refractivity contribution in [2.45, 2.75) is 6.42 Å². The number of anilines is 2. The molecule has 0 amide bonds. The fraction of sp³-hybridized carbons (Fsp3) is 0.200. The van der Waals surface area contributed by atoms with Gasteiger partial charge >= 0.3 is 23.9 Å². The van der Waals surface area contributed by atoms with Crippen LogP contribution in [0, 0.1) is 0 Å². The van der Waals surface area contributed by atoms with E-state index < -0.39 is 43.7 Å². The second kappa shape index (κ2) is 11.8. The first-order valence-corrected chi connectivity index (χ1v) is 9.49. The number of esters is 3. The first kappa shape index (κ1) is 24.0. The van der Waals surface area contributed by atoms with E-state index in [0.29, 0.717) is 27.0 Å². The van der Waals surface area contributed by atoms with Gasteiger partial charge in [0.15, 0.2) is 19.8 Å². The first-order chi connectivity index (χ1) is 14.8. The number of halogens is 2. The van der Waals surface area contributed by atoms with Gasteiger partial charge in [-0.15, -0.1) is 0 Å². The molecule has 0 aliphatic carbocycles. The molecule has 0 saturated heterocycles. The van der Waals surface area contributed by atoms with Gasteiger partial charge in [0.2, 0.25) is 0 Å². The summed E-state index contributed by atoms with van der Waals surface area (Å²) in [7, 11) is 0. The summed E-state index contributed by atoms with van der Waals surface area (Å²) in [4.78, 5) is 45.1. The lowest BCUT2D eigenvalue weighted by Gasteiger charge is -2.14. The van der Waals surface area contributed by atoms with Gasteiger partial charge in [-0.05, 0) is 23.8 Å². The largest absolute Gasteiger partial charge is 0.479 e. The Morgan fingerprint density at radius 1 is 0.774 bits per heavy atom. The van der Waals surface area contributed by atoms with Crippen molar-refractivity contribution in [2.24, 2.45) is 0 Å². The maximum absolute atomic E-state index is 12.1. The van der Waals surface area contributed by atoms with Gasteiger partial charge in [0, 0.05) is 5.69 Å². The fourth-order valence-electron chi connectivity index (χ4n) is 2.26. The van der Waals surface area contributed by atoms with Crippen LogP contribution in [0.15, 0.2) is 42.5 Å². The van der Waals surface area contributed by atoms with Crippen LogP contribution in [0.3, 0.4) is 0 Å². The Morgan fingerprint density at radius 2 is 1.32 bits per heavy atom. The highest BCUT2D eigenvalue weighted by Gasteiger charge is 2.15. The zero-order chi connectivity index (χ0) is 22.8. The number of hydrogen-bond donors (Lipinski definition) is 2. The molecule has 0 spiro atoms. The lowest BCUT2D eigenvalue weighted by molar-refractivity contribution is -0.167. The number of benzene rings is 2. The second-order valence-corrected chi connectivity index (χ2v) is 6.75. The minimum absolute atomic E-state index is 0.167. The topological polar surface area (TPSA) is 128 Å². The van der Waals surface area contributed by atoms with Gasteiger partial charge in [0.05, 0.1) is 22.2 Å². The van der Waals surface area contributed by atoms with Crippen LogP contribution in [0.4, 0.5) is 11.4 Å². The molecule has 0 fully saturated rings. The number of para-hydroxylation sites is 2. The number of carbonyl (C=O) groups is 4. The molecule has 0 aliphatic rings. The summed E-state index contributed by atoms with van der Waals surface area (Å²) in [6.07, 6.45) is -0.167. The van der Waals surface area contributed by atoms with Crippen molar-refractivity contribution < 1.29 is 38.5 Å². The number of carboxylic acid groups (broad SMARTS) is 1. The number of rotatable bonds is 10. The van der Waals surface area contributed by atoms with E-state index in [0.717, 1.165) is 0 Å². The minimum atomic E-state index is -1.35. The Balaban J connectivity index is 1.87. The molecule has 0 aromatic heterocycles. The molecule has 2 aromatic carbocycles. The van der Waals surface area contributed by atoms with Gasteiger partial charge in [0.1, 0.15) is 0 Å². The summed E-state index contributed by atoms with van der Waals surface area (Å²) in [6.45, 7) is -2.37. The number of ether oxygens (including phenoxy) is 3. The Morgan fingerprint density at radius 3 is 1.94 bits per heavy atom. The molecule has 2 aromatic rings. The summed E-state index contributed by atoms with van der Waals surface area (Å²) in [6, 6.07) is 11.9. The van der Waals surface area contributed by atoms with Crippen molar-refractivity contribution in [3.8, 4) is 0 Å². The predicted molar refractivity (Wildman–Crippen MR) is 110 cm³/mol. The fourth-order valence-corrected chi connectivity index (χ4v) is 2.75. The lowest BCUT2D eigenvalue weighted by Crippen LogP contribution is -2.23. The van der Waals surface area contributed by atoms with E-state index in [-0.39, 0.29) is 6.42 Å². The Kier molecular flexibility index (Phi) is 9.11. The van der Waals surface area contributed by atoms with Crippen LogP contribution in [-0.2, 0) is 39.8 Å². The standard InChI is InChI=1S/C20H17Cl2NO8/c21-13-5-3-6-14(22)20(13)23-15-7-2-1-4-12(15)8-17(26)30-10-19(28)31-11-18(27)29-9-16(24)25/h1-7,23H,8-11H2,(H,24,25). The summed E-state index contributed by atoms with van der Waals surface area (Å²) < 4.78 is 13.7. The lowest BCUT2D eigenvalue weighted by atomic mass is 10.1. The average molecular weight is 470 g/mol. The quantitative estimate of drug-likeness (QED) is 0.398. The van der Waals surface area contributed by atoms with E-state index in [2.05, 4.69) is 14.8 Å². The van der Waals surface area contributed by atoms with Gasteiger partial charge in [-0.25, -0.2) is 14.4 Å².